The third-order valence-corrected chi connectivity index (χ3v) is 7.11. The Morgan fingerprint density at radius 2 is 1.97 bits per heavy atom. The van der Waals surface area contributed by atoms with Gasteiger partial charge in [-0.25, -0.2) is 12.7 Å². The number of hydrogen-bond acceptors (Lipinski definition) is 9. The number of aromatic hydroxyl groups is 1. The third-order valence-electron chi connectivity index (χ3n) is 4.59. The van der Waals surface area contributed by atoms with Crippen LogP contribution >= 0.6 is 11.7 Å². The molecule has 0 amide bonds. The SMILES string of the molecule is C=C(/C=C(/CNc1nsnc1Nc1ccc(C)c(S(=O)(=O)N(C)C)c1O)OC)C(C)C. The fraction of sp³-hybridized carbons (Fsp3) is 0.400. The van der Waals surface area contributed by atoms with E-state index < -0.39 is 10.0 Å². The van der Waals surface area contributed by atoms with Crippen LogP contribution in [0.25, 0.3) is 0 Å². The van der Waals surface area contributed by atoms with Crippen molar-refractivity contribution in [1.82, 2.24) is 13.1 Å². The molecule has 0 fully saturated rings. The highest BCUT2D eigenvalue weighted by Crippen LogP contribution is 2.37. The maximum atomic E-state index is 12.6. The Bertz CT molecular complexity index is 1080. The Labute approximate surface area is 187 Å². The average molecular weight is 468 g/mol. The highest BCUT2D eigenvalue weighted by Gasteiger charge is 2.26. The van der Waals surface area contributed by atoms with E-state index in [1.165, 1.54) is 14.1 Å². The van der Waals surface area contributed by atoms with Crippen LogP contribution in [0.3, 0.4) is 0 Å². The molecule has 1 heterocycles. The lowest BCUT2D eigenvalue weighted by molar-refractivity contribution is 0.289. The number of ether oxygens (including phenoxy) is 1. The summed E-state index contributed by atoms with van der Waals surface area (Å²) in [5, 5.41) is 16.8. The largest absolute Gasteiger partial charge is 0.504 e. The predicted molar refractivity (Wildman–Crippen MR) is 124 cm³/mol. The Hall–Kier alpha value is -2.63. The number of methoxy groups -OCH3 is 1. The molecule has 0 aliphatic heterocycles. The summed E-state index contributed by atoms with van der Waals surface area (Å²) in [4.78, 5) is -0.156. The van der Waals surface area contributed by atoms with Crippen molar-refractivity contribution in [1.29, 1.82) is 0 Å². The van der Waals surface area contributed by atoms with Crippen molar-refractivity contribution in [3.63, 3.8) is 0 Å². The lowest BCUT2D eigenvalue weighted by Crippen LogP contribution is -2.23. The number of allylic oxidation sites excluding steroid dienone is 2. The van der Waals surface area contributed by atoms with Gasteiger partial charge >= 0.3 is 0 Å². The zero-order valence-corrected chi connectivity index (χ0v) is 20.2. The Balaban J connectivity index is 2.28. The van der Waals surface area contributed by atoms with Crippen molar-refractivity contribution in [3.05, 3.63) is 41.7 Å². The molecule has 0 saturated carbocycles. The molecule has 0 unspecified atom stereocenters. The highest BCUT2D eigenvalue weighted by molar-refractivity contribution is 7.89. The molecule has 2 aromatic rings. The number of anilines is 3. The fourth-order valence-corrected chi connectivity index (χ4v) is 4.20. The van der Waals surface area contributed by atoms with Gasteiger partial charge in [-0.3, -0.25) is 0 Å². The maximum Gasteiger partial charge on any atom is 0.246 e. The van der Waals surface area contributed by atoms with Crippen molar-refractivity contribution in [2.24, 2.45) is 5.92 Å². The van der Waals surface area contributed by atoms with E-state index in [1.54, 1.807) is 26.2 Å². The van der Waals surface area contributed by atoms with Crippen molar-refractivity contribution >= 4 is 39.1 Å². The van der Waals surface area contributed by atoms with E-state index >= 15 is 0 Å². The summed E-state index contributed by atoms with van der Waals surface area (Å²) in [6.07, 6.45) is 1.87. The standard InChI is InChI=1S/C20H29N5O4S2/c1-12(2)14(4)10-15(29-7)11-21-19-20(24-30-23-19)22-16-9-8-13(3)18(17(16)26)31(27,28)25(5)6/h8-10,12,26H,4,11H2,1-3,5-7H3,(H,21,23)(H,22,24)/b15-10-. The first-order valence-electron chi connectivity index (χ1n) is 9.50. The van der Waals surface area contributed by atoms with Gasteiger partial charge in [0.05, 0.1) is 31.1 Å². The molecule has 1 aromatic heterocycles. The molecule has 170 valence electrons. The number of aryl methyl sites for hydroxylation is 1. The van der Waals surface area contributed by atoms with Crippen LogP contribution in [0.15, 0.2) is 41.0 Å². The van der Waals surface area contributed by atoms with Crippen molar-refractivity contribution < 1.29 is 18.3 Å². The Kier molecular flexibility index (Phi) is 8.04. The van der Waals surface area contributed by atoms with Crippen LogP contribution in [0.1, 0.15) is 19.4 Å². The van der Waals surface area contributed by atoms with Gasteiger partial charge in [-0.2, -0.15) is 8.75 Å². The van der Waals surface area contributed by atoms with E-state index in [0.29, 0.717) is 35.4 Å². The predicted octanol–water partition coefficient (Wildman–Crippen LogP) is 3.70. The lowest BCUT2D eigenvalue weighted by Gasteiger charge is -2.17. The van der Waals surface area contributed by atoms with E-state index in [9.17, 15) is 13.5 Å². The molecular formula is C20H29N5O4S2. The minimum absolute atomic E-state index is 0.156. The van der Waals surface area contributed by atoms with Gasteiger partial charge in [0.2, 0.25) is 10.0 Å². The van der Waals surface area contributed by atoms with Crippen LogP contribution in [0.5, 0.6) is 5.75 Å². The van der Waals surface area contributed by atoms with Gasteiger partial charge in [-0.1, -0.05) is 26.5 Å². The van der Waals surface area contributed by atoms with Crippen LogP contribution in [-0.4, -0.2) is 54.3 Å². The van der Waals surface area contributed by atoms with Crippen LogP contribution in [0.2, 0.25) is 0 Å². The minimum Gasteiger partial charge on any atom is -0.504 e. The zero-order chi connectivity index (χ0) is 23.3. The van der Waals surface area contributed by atoms with E-state index in [0.717, 1.165) is 21.6 Å². The Morgan fingerprint density at radius 1 is 1.32 bits per heavy atom. The van der Waals surface area contributed by atoms with Gasteiger partial charge in [0.1, 0.15) is 10.7 Å². The van der Waals surface area contributed by atoms with Crippen LogP contribution < -0.4 is 10.6 Å². The fourth-order valence-electron chi connectivity index (χ4n) is 2.52. The monoisotopic (exact) mass is 467 g/mol. The molecule has 0 saturated heterocycles. The summed E-state index contributed by atoms with van der Waals surface area (Å²) in [5.41, 5.74) is 1.58. The van der Waals surface area contributed by atoms with E-state index in [-0.39, 0.29) is 16.3 Å². The molecule has 3 N–H and O–H groups in total. The van der Waals surface area contributed by atoms with Gasteiger partial charge in [0, 0.05) is 14.1 Å². The van der Waals surface area contributed by atoms with Gasteiger partial charge in [0.15, 0.2) is 17.4 Å². The molecule has 1 aromatic carbocycles. The topological polar surface area (TPSA) is 117 Å². The van der Waals surface area contributed by atoms with E-state index in [2.05, 4.69) is 26.0 Å². The molecule has 31 heavy (non-hydrogen) atoms. The van der Waals surface area contributed by atoms with Gasteiger partial charge in [-0.05, 0) is 36.1 Å². The quantitative estimate of drug-likeness (QED) is 0.275. The second kappa shape index (κ2) is 10.1. The number of phenolic OH excluding ortho intramolecular Hbond substituents is 1. The summed E-state index contributed by atoms with van der Waals surface area (Å²) >= 11 is 0.976. The summed E-state index contributed by atoms with van der Waals surface area (Å²) in [6.45, 7) is 10.1. The van der Waals surface area contributed by atoms with Crippen LogP contribution in [0.4, 0.5) is 17.3 Å². The van der Waals surface area contributed by atoms with Crippen LogP contribution in [-0.2, 0) is 14.8 Å². The Morgan fingerprint density at radius 3 is 2.55 bits per heavy atom. The second-order valence-electron chi connectivity index (χ2n) is 7.38. The van der Waals surface area contributed by atoms with E-state index in [1.807, 2.05) is 19.9 Å². The summed E-state index contributed by atoms with van der Waals surface area (Å²) in [7, 11) is 0.573. The number of aromatic nitrogens is 2. The average Bonchev–Trinajstić information content (AvgIpc) is 3.13. The number of nitrogens with zero attached hydrogens (tertiary/aromatic N) is 3. The molecular weight excluding hydrogens is 438 g/mol. The normalized spacial score (nSPS) is 12.3. The summed E-state index contributed by atoms with van der Waals surface area (Å²) in [6, 6.07) is 3.21. The van der Waals surface area contributed by atoms with Gasteiger partial charge in [0.25, 0.3) is 0 Å². The molecule has 0 bridgehead atoms. The highest BCUT2D eigenvalue weighted by atomic mass is 32.2. The van der Waals surface area contributed by atoms with Crippen molar-refractivity contribution in [2.45, 2.75) is 25.7 Å². The first-order chi connectivity index (χ1) is 14.5. The smallest absolute Gasteiger partial charge is 0.246 e. The van der Waals surface area contributed by atoms with E-state index in [4.69, 9.17) is 4.74 Å². The molecule has 0 radical (unpaired) electrons. The van der Waals surface area contributed by atoms with Crippen molar-refractivity contribution in [2.75, 3.05) is 38.4 Å². The number of benzene rings is 1. The molecule has 0 spiro atoms. The van der Waals surface area contributed by atoms with Gasteiger partial charge < -0.3 is 20.5 Å². The summed E-state index contributed by atoms with van der Waals surface area (Å²) in [5.74, 6) is 1.39. The van der Waals surface area contributed by atoms with Crippen LogP contribution in [0, 0.1) is 12.8 Å². The zero-order valence-electron chi connectivity index (χ0n) is 18.6. The molecule has 9 nitrogen and oxygen atoms in total. The molecule has 11 heteroatoms. The maximum absolute atomic E-state index is 12.6. The number of phenols is 1. The molecule has 0 atom stereocenters. The molecule has 2 rings (SSSR count). The number of sulfonamides is 1. The minimum atomic E-state index is -3.83. The first-order valence-corrected chi connectivity index (χ1v) is 11.7. The summed E-state index contributed by atoms with van der Waals surface area (Å²) < 4.78 is 40.1. The number of rotatable bonds is 10. The number of nitrogens with one attached hydrogen (secondary N) is 2. The second-order valence-corrected chi connectivity index (χ2v) is 10.00. The third kappa shape index (κ3) is 5.75. The van der Waals surface area contributed by atoms with Gasteiger partial charge in [-0.15, -0.1) is 0 Å². The molecule has 0 aliphatic rings. The first kappa shape index (κ1) is 24.6. The van der Waals surface area contributed by atoms with Crippen molar-refractivity contribution in [3.8, 4) is 5.75 Å². The number of hydrogen-bond donors (Lipinski definition) is 3. The lowest BCUT2D eigenvalue weighted by atomic mass is 10.0. The molecule has 0 aliphatic carbocycles.